The molecule has 1 aromatic carbocycles. The van der Waals surface area contributed by atoms with Gasteiger partial charge in [0.2, 0.25) is 0 Å². The van der Waals surface area contributed by atoms with Crippen LogP contribution in [0, 0.1) is 0 Å². The molecule has 3 fully saturated rings. The molecule has 1 aromatic rings. The maximum Gasteiger partial charge on any atom is 0.317 e. The smallest absolute Gasteiger partial charge is 0.317 e. The first-order valence-corrected chi connectivity index (χ1v) is 11.2. The Balaban J connectivity index is 1.40. The zero-order valence-electron chi connectivity index (χ0n) is 18.1. The first-order chi connectivity index (χ1) is 14.5. The van der Waals surface area contributed by atoms with Gasteiger partial charge in [0.05, 0.1) is 13.2 Å². The molecule has 4 rings (SSSR count). The number of hydrogen-bond acceptors (Lipinski definition) is 4. The van der Waals surface area contributed by atoms with Gasteiger partial charge < -0.3 is 24.6 Å². The molecule has 1 N–H and O–H groups in total. The van der Waals surface area contributed by atoms with Gasteiger partial charge in [-0.3, -0.25) is 4.79 Å². The van der Waals surface area contributed by atoms with E-state index in [1.54, 1.807) is 0 Å². The van der Waals surface area contributed by atoms with Gasteiger partial charge in [0.1, 0.15) is 0 Å². The van der Waals surface area contributed by atoms with E-state index in [0.29, 0.717) is 32.8 Å². The highest BCUT2D eigenvalue weighted by molar-refractivity contribution is 5.94. The molecule has 1 spiro atoms. The number of rotatable bonds is 3. The fourth-order valence-electron chi connectivity index (χ4n) is 4.72. The molecule has 7 heteroatoms. The molecule has 1 unspecified atom stereocenters. The van der Waals surface area contributed by atoms with E-state index in [4.69, 9.17) is 9.47 Å². The second-order valence-corrected chi connectivity index (χ2v) is 8.91. The quantitative estimate of drug-likeness (QED) is 0.824. The fourth-order valence-corrected chi connectivity index (χ4v) is 4.72. The number of amides is 3. The van der Waals surface area contributed by atoms with Gasteiger partial charge in [-0.25, -0.2) is 4.79 Å². The summed E-state index contributed by atoms with van der Waals surface area (Å²) in [7, 11) is 0. The second kappa shape index (κ2) is 8.94. The Kier molecular flexibility index (Phi) is 6.29. The van der Waals surface area contributed by atoms with Crippen LogP contribution in [0.4, 0.5) is 4.79 Å². The molecule has 0 aromatic heterocycles. The van der Waals surface area contributed by atoms with Gasteiger partial charge in [0.25, 0.3) is 5.91 Å². The number of piperidine rings is 2. The van der Waals surface area contributed by atoms with Gasteiger partial charge in [-0.05, 0) is 44.4 Å². The monoisotopic (exact) mass is 415 g/mol. The normalized spacial score (nSPS) is 23.8. The number of carbonyl (C=O) groups excluding carboxylic acids is 2. The molecule has 0 saturated carbocycles. The number of benzene rings is 1. The number of carbonyl (C=O) groups is 2. The lowest BCUT2D eigenvalue weighted by molar-refractivity contribution is -0.181. The van der Waals surface area contributed by atoms with Crippen LogP contribution in [0.25, 0.3) is 0 Å². The largest absolute Gasteiger partial charge is 0.347 e. The Morgan fingerprint density at radius 2 is 1.83 bits per heavy atom. The van der Waals surface area contributed by atoms with E-state index in [-0.39, 0.29) is 23.9 Å². The van der Waals surface area contributed by atoms with Crippen molar-refractivity contribution in [2.45, 2.75) is 57.3 Å². The molecule has 164 valence electrons. The van der Waals surface area contributed by atoms with E-state index in [1.165, 1.54) is 0 Å². The van der Waals surface area contributed by atoms with Crippen molar-refractivity contribution in [3.8, 4) is 0 Å². The summed E-state index contributed by atoms with van der Waals surface area (Å²) in [6.07, 6.45) is 3.45. The number of hydrogen-bond donors (Lipinski definition) is 1. The minimum absolute atomic E-state index is 0.000488. The van der Waals surface area contributed by atoms with Crippen LogP contribution in [-0.2, 0) is 9.47 Å². The maximum absolute atomic E-state index is 13.1. The molecule has 0 aliphatic carbocycles. The van der Waals surface area contributed by atoms with E-state index in [9.17, 15) is 9.59 Å². The molecule has 3 aliphatic heterocycles. The van der Waals surface area contributed by atoms with E-state index in [0.717, 1.165) is 43.4 Å². The summed E-state index contributed by atoms with van der Waals surface area (Å²) >= 11 is 0. The molecule has 1 atom stereocenters. The Bertz CT molecular complexity index is 765. The van der Waals surface area contributed by atoms with Crippen molar-refractivity contribution in [1.82, 2.24) is 15.1 Å². The number of likely N-dealkylation sites (tertiary alicyclic amines) is 2. The molecule has 3 aliphatic rings. The lowest BCUT2D eigenvalue weighted by Crippen LogP contribution is -2.47. The van der Waals surface area contributed by atoms with Gasteiger partial charge >= 0.3 is 6.03 Å². The van der Waals surface area contributed by atoms with Crippen molar-refractivity contribution in [2.24, 2.45) is 0 Å². The standard InChI is InChI=1S/C23H33N3O4/c1-17(2)24-22(28)26-10-4-7-20(16-26)18-5-3-6-19(15-18)21(27)25-11-8-23(9-12-25)29-13-14-30-23/h3,5-6,15,17,20H,4,7-14,16H2,1-2H3,(H,24,28). The van der Waals surface area contributed by atoms with E-state index in [2.05, 4.69) is 11.4 Å². The summed E-state index contributed by atoms with van der Waals surface area (Å²) in [6.45, 7) is 8.01. The Hall–Kier alpha value is -2.12. The fraction of sp³-hybridized carbons (Fsp3) is 0.652. The first-order valence-electron chi connectivity index (χ1n) is 11.2. The second-order valence-electron chi connectivity index (χ2n) is 8.91. The average Bonchev–Trinajstić information content (AvgIpc) is 3.21. The number of nitrogens with zero attached hydrogens (tertiary/aromatic N) is 2. The van der Waals surface area contributed by atoms with Crippen LogP contribution in [0.2, 0.25) is 0 Å². The zero-order valence-corrected chi connectivity index (χ0v) is 18.1. The molecule has 0 bridgehead atoms. The highest BCUT2D eigenvalue weighted by Crippen LogP contribution is 2.32. The average molecular weight is 416 g/mol. The lowest BCUT2D eigenvalue weighted by Gasteiger charge is -2.37. The van der Waals surface area contributed by atoms with Crippen molar-refractivity contribution >= 4 is 11.9 Å². The van der Waals surface area contributed by atoms with E-state index >= 15 is 0 Å². The summed E-state index contributed by atoms with van der Waals surface area (Å²) < 4.78 is 11.5. The minimum atomic E-state index is -0.471. The number of nitrogens with one attached hydrogen (secondary N) is 1. The summed E-state index contributed by atoms with van der Waals surface area (Å²) in [4.78, 5) is 29.3. The van der Waals surface area contributed by atoms with E-state index < -0.39 is 5.79 Å². The molecule has 30 heavy (non-hydrogen) atoms. The Morgan fingerprint density at radius 1 is 1.10 bits per heavy atom. The molecular weight excluding hydrogens is 382 g/mol. The maximum atomic E-state index is 13.1. The van der Waals surface area contributed by atoms with Crippen molar-refractivity contribution < 1.29 is 19.1 Å². The summed E-state index contributed by atoms with van der Waals surface area (Å²) in [6, 6.07) is 8.08. The van der Waals surface area contributed by atoms with Gasteiger partial charge in [-0.1, -0.05) is 12.1 Å². The molecule has 7 nitrogen and oxygen atoms in total. The SMILES string of the molecule is CC(C)NC(=O)N1CCCC(c2cccc(C(=O)N3CCC4(CC3)OCCO4)c2)C1. The van der Waals surface area contributed by atoms with Crippen LogP contribution in [0.1, 0.15) is 61.4 Å². The third-order valence-corrected chi connectivity index (χ3v) is 6.35. The van der Waals surface area contributed by atoms with Crippen molar-refractivity contribution in [1.29, 1.82) is 0 Å². The number of urea groups is 1. The van der Waals surface area contributed by atoms with Crippen LogP contribution in [-0.4, -0.2) is 73.0 Å². The van der Waals surface area contributed by atoms with Gasteiger partial charge in [0.15, 0.2) is 5.79 Å². The molecule has 3 saturated heterocycles. The van der Waals surface area contributed by atoms with Crippen LogP contribution >= 0.6 is 0 Å². The third kappa shape index (κ3) is 4.62. The number of ether oxygens (including phenoxy) is 2. The van der Waals surface area contributed by atoms with Crippen molar-refractivity contribution in [3.05, 3.63) is 35.4 Å². The van der Waals surface area contributed by atoms with Gasteiger partial charge in [-0.15, -0.1) is 0 Å². The van der Waals surface area contributed by atoms with Crippen LogP contribution in [0.15, 0.2) is 24.3 Å². The third-order valence-electron chi connectivity index (χ3n) is 6.35. The lowest BCUT2D eigenvalue weighted by atomic mass is 9.89. The Morgan fingerprint density at radius 3 is 2.53 bits per heavy atom. The Labute approximate surface area is 178 Å². The molecule has 0 radical (unpaired) electrons. The van der Waals surface area contributed by atoms with Crippen LogP contribution < -0.4 is 5.32 Å². The predicted molar refractivity (Wildman–Crippen MR) is 113 cm³/mol. The summed E-state index contributed by atoms with van der Waals surface area (Å²) in [5, 5.41) is 2.98. The van der Waals surface area contributed by atoms with Gasteiger partial charge in [-0.2, -0.15) is 0 Å². The first kappa shape index (κ1) is 21.1. The van der Waals surface area contributed by atoms with Gasteiger partial charge in [0, 0.05) is 56.5 Å². The molecular formula is C23H33N3O4. The molecule has 3 amide bonds. The zero-order chi connectivity index (χ0) is 21.1. The summed E-state index contributed by atoms with van der Waals surface area (Å²) in [5.41, 5.74) is 1.86. The topological polar surface area (TPSA) is 71.1 Å². The minimum Gasteiger partial charge on any atom is -0.347 e. The van der Waals surface area contributed by atoms with Crippen molar-refractivity contribution in [3.63, 3.8) is 0 Å². The van der Waals surface area contributed by atoms with Crippen LogP contribution in [0.5, 0.6) is 0 Å². The summed E-state index contributed by atoms with van der Waals surface area (Å²) in [5.74, 6) is -0.148. The predicted octanol–water partition coefficient (Wildman–Crippen LogP) is 2.96. The van der Waals surface area contributed by atoms with Crippen LogP contribution in [0.3, 0.4) is 0 Å². The van der Waals surface area contributed by atoms with E-state index in [1.807, 2.05) is 41.8 Å². The molecule has 3 heterocycles. The highest BCUT2D eigenvalue weighted by Gasteiger charge is 2.41. The van der Waals surface area contributed by atoms with Crippen molar-refractivity contribution in [2.75, 3.05) is 39.4 Å². The highest BCUT2D eigenvalue weighted by atomic mass is 16.7.